The van der Waals surface area contributed by atoms with Crippen LogP contribution in [0.2, 0.25) is 0 Å². The van der Waals surface area contributed by atoms with E-state index in [0.717, 1.165) is 5.69 Å². The molecule has 0 heterocycles. The molecule has 0 saturated heterocycles. The van der Waals surface area contributed by atoms with Crippen LogP contribution < -0.4 is 5.32 Å². The molecular weight excluding hydrogens is 164 g/mol. The lowest BCUT2D eigenvalue weighted by Crippen LogP contribution is -1.90. The topological polar surface area (TPSA) is 52.9 Å². The summed E-state index contributed by atoms with van der Waals surface area (Å²) in [5, 5.41) is 11.2. The predicted molar refractivity (Wildman–Crippen MR) is 49.8 cm³/mol. The summed E-state index contributed by atoms with van der Waals surface area (Å²) in [5.74, 6) is 0. The first-order valence-corrected chi connectivity index (χ1v) is 3.74. The van der Waals surface area contributed by atoms with Gasteiger partial charge in [0.2, 0.25) is 0 Å². The number of allylic oxidation sites excluding steroid dienone is 1. The van der Waals surface area contributed by atoms with Gasteiger partial charge in [0, 0.05) is 11.9 Å². The van der Waals surface area contributed by atoms with Gasteiger partial charge in [0.1, 0.15) is 11.6 Å². The third-order valence-corrected chi connectivity index (χ3v) is 1.42. The highest BCUT2D eigenvalue weighted by Gasteiger charge is 1.90. The van der Waals surface area contributed by atoms with Crippen LogP contribution >= 0.6 is 0 Å². The van der Waals surface area contributed by atoms with Gasteiger partial charge in [-0.25, -0.2) is 0 Å². The summed E-state index contributed by atoms with van der Waals surface area (Å²) in [4.78, 5) is 10.2. The van der Waals surface area contributed by atoms with E-state index in [2.05, 4.69) is 5.32 Å². The minimum atomic E-state index is 0.0730. The van der Waals surface area contributed by atoms with Crippen LogP contribution in [0.5, 0.6) is 0 Å². The fraction of sp³-hybridized carbons (Fsp3) is 0. The molecular formula is C10H8N2O. The van der Waals surface area contributed by atoms with E-state index >= 15 is 0 Å². The molecule has 3 heteroatoms. The molecule has 0 aliphatic rings. The molecule has 0 unspecified atom stereocenters. The molecule has 0 saturated carbocycles. The Kier molecular flexibility index (Phi) is 3.28. The molecule has 0 spiro atoms. The van der Waals surface area contributed by atoms with Crippen molar-refractivity contribution in [3.8, 4) is 6.07 Å². The highest BCUT2D eigenvalue weighted by atomic mass is 16.1. The first kappa shape index (κ1) is 9.01. The number of rotatable bonds is 3. The second kappa shape index (κ2) is 4.73. The molecule has 1 rings (SSSR count). The minimum Gasteiger partial charge on any atom is -0.360 e. The molecule has 64 valence electrons. The summed E-state index contributed by atoms with van der Waals surface area (Å²) in [6, 6.07) is 11.1. The van der Waals surface area contributed by atoms with Crippen LogP contribution in [0.15, 0.2) is 42.1 Å². The monoisotopic (exact) mass is 172 g/mol. The lowest BCUT2D eigenvalue weighted by molar-refractivity contribution is -0.104. The quantitative estimate of drug-likeness (QED) is 0.429. The van der Waals surface area contributed by atoms with Crippen LogP contribution in [-0.4, -0.2) is 6.29 Å². The van der Waals surface area contributed by atoms with E-state index in [4.69, 9.17) is 5.26 Å². The Balaban J connectivity index is 2.67. The number of carbonyl (C=O) groups is 1. The molecule has 0 aromatic heterocycles. The van der Waals surface area contributed by atoms with Crippen LogP contribution in [0.1, 0.15) is 0 Å². The minimum absolute atomic E-state index is 0.0730. The van der Waals surface area contributed by atoms with Gasteiger partial charge < -0.3 is 5.32 Å². The maximum Gasteiger partial charge on any atom is 0.162 e. The first-order chi connectivity index (χ1) is 6.36. The molecule has 0 amide bonds. The summed E-state index contributed by atoms with van der Waals surface area (Å²) < 4.78 is 0. The standard InChI is InChI=1S/C10H8N2O/c11-6-9(8-13)7-12-10-4-2-1-3-5-10/h1-5,7-8,12H/b9-7+. The fourth-order valence-corrected chi connectivity index (χ4v) is 0.788. The van der Waals surface area contributed by atoms with E-state index in [1.165, 1.54) is 6.20 Å². The van der Waals surface area contributed by atoms with Crippen molar-refractivity contribution in [1.29, 1.82) is 5.26 Å². The average molecular weight is 172 g/mol. The van der Waals surface area contributed by atoms with Gasteiger partial charge in [-0.1, -0.05) is 18.2 Å². The zero-order valence-electron chi connectivity index (χ0n) is 6.90. The van der Waals surface area contributed by atoms with Gasteiger partial charge in [0.15, 0.2) is 6.29 Å². The third kappa shape index (κ3) is 2.80. The van der Waals surface area contributed by atoms with Crippen molar-refractivity contribution in [3.63, 3.8) is 0 Å². The van der Waals surface area contributed by atoms with Gasteiger partial charge >= 0.3 is 0 Å². The van der Waals surface area contributed by atoms with Crippen molar-refractivity contribution < 1.29 is 4.79 Å². The van der Waals surface area contributed by atoms with E-state index in [1.54, 1.807) is 6.07 Å². The Morgan fingerprint density at radius 1 is 1.38 bits per heavy atom. The number of nitrogens with one attached hydrogen (secondary N) is 1. The van der Waals surface area contributed by atoms with Crippen LogP contribution in [0.4, 0.5) is 5.69 Å². The van der Waals surface area contributed by atoms with Crippen molar-refractivity contribution in [2.24, 2.45) is 0 Å². The molecule has 0 radical (unpaired) electrons. The number of nitrogens with zero attached hydrogens (tertiary/aromatic N) is 1. The van der Waals surface area contributed by atoms with Crippen LogP contribution in [-0.2, 0) is 4.79 Å². The van der Waals surface area contributed by atoms with Crippen molar-refractivity contribution in [3.05, 3.63) is 42.1 Å². The van der Waals surface area contributed by atoms with Crippen molar-refractivity contribution in [2.45, 2.75) is 0 Å². The lowest BCUT2D eigenvalue weighted by atomic mass is 10.3. The number of hydrogen-bond donors (Lipinski definition) is 1. The van der Waals surface area contributed by atoms with Gasteiger partial charge in [-0.3, -0.25) is 4.79 Å². The maximum absolute atomic E-state index is 10.2. The molecule has 1 aromatic carbocycles. The lowest BCUT2D eigenvalue weighted by Gasteiger charge is -1.97. The van der Waals surface area contributed by atoms with Gasteiger partial charge in [0.05, 0.1) is 0 Å². The van der Waals surface area contributed by atoms with E-state index < -0.39 is 0 Å². The van der Waals surface area contributed by atoms with Gasteiger partial charge in [0.25, 0.3) is 0 Å². The van der Waals surface area contributed by atoms with E-state index in [-0.39, 0.29) is 5.57 Å². The normalized spacial score (nSPS) is 10.2. The fourth-order valence-electron chi connectivity index (χ4n) is 0.788. The van der Waals surface area contributed by atoms with Gasteiger partial charge in [-0.2, -0.15) is 5.26 Å². The summed E-state index contributed by atoms with van der Waals surface area (Å²) in [6.07, 6.45) is 1.89. The van der Waals surface area contributed by atoms with Crippen molar-refractivity contribution in [1.82, 2.24) is 0 Å². The number of nitriles is 1. The maximum atomic E-state index is 10.2. The highest BCUT2D eigenvalue weighted by Crippen LogP contribution is 2.04. The van der Waals surface area contributed by atoms with Crippen LogP contribution in [0, 0.1) is 11.3 Å². The van der Waals surface area contributed by atoms with E-state index in [1.807, 2.05) is 30.3 Å². The second-order valence-electron chi connectivity index (χ2n) is 2.34. The molecule has 1 N–H and O–H groups in total. The summed E-state index contributed by atoms with van der Waals surface area (Å²) in [6.45, 7) is 0. The SMILES string of the molecule is N#C/C(C=O)=C\Nc1ccccc1. The molecule has 0 aliphatic heterocycles. The van der Waals surface area contributed by atoms with Gasteiger partial charge in [-0.15, -0.1) is 0 Å². The van der Waals surface area contributed by atoms with Gasteiger partial charge in [-0.05, 0) is 12.1 Å². The molecule has 13 heavy (non-hydrogen) atoms. The third-order valence-electron chi connectivity index (χ3n) is 1.42. The second-order valence-corrected chi connectivity index (χ2v) is 2.34. The number of para-hydroxylation sites is 1. The number of hydrogen-bond acceptors (Lipinski definition) is 3. The average Bonchev–Trinajstić information content (AvgIpc) is 2.21. The Morgan fingerprint density at radius 2 is 2.08 bits per heavy atom. The summed E-state index contributed by atoms with van der Waals surface area (Å²) in [5.41, 5.74) is 0.918. The molecule has 3 nitrogen and oxygen atoms in total. The highest BCUT2D eigenvalue weighted by molar-refractivity contribution is 5.79. The summed E-state index contributed by atoms with van der Waals surface area (Å²) in [7, 11) is 0. The van der Waals surface area contributed by atoms with E-state index in [9.17, 15) is 4.79 Å². The number of anilines is 1. The number of aldehydes is 1. The Morgan fingerprint density at radius 3 is 2.62 bits per heavy atom. The zero-order chi connectivity index (χ0) is 9.52. The number of carbonyl (C=O) groups excluding carboxylic acids is 1. The number of benzene rings is 1. The smallest absolute Gasteiger partial charge is 0.162 e. The first-order valence-electron chi connectivity index (χ1n) is 3.74. The Bertz CT molecular complexity index is 349. The molecule has 0 atom stereocenters. The Labute approximate surface area is 76.3 Å². The van der Waals surface area contributed by atoms with Crippen LogP contribution in [0.3, 0.4) is 0 Å². The van der Waals surface area contributed by atoms with Crippen molar-refractivity contribution >= 4 is 12.0 Å². The zero-order valence-corrected chi connectivity index (χ0v) is 6.90. The van der Waals surface area contributed by atoms with Crippen LogP contribution in [0.25, 0.3) is 0 Å². The summed E-state index contributed by atoms with van der Waals surface area (Å²) >= 11 is 0. The molecule has 1 aromatic rings. The molecule has 0 bridgehead atoms. The molecule has 0 aliphatic carbocycles. The Hall–Kier alpha value is -2.08. The predicted octanol–water partition coefficient (Wildman–Crippen LogP) is 1.70. The largest absolute Gasteiger partial charge is 0.360 e. The van der Waals surface area contributed by atoms with Crippen molar-refractivity contribution in [2.75, 3.05) is 5.32 Å². The molecule has 0 fully saturated rings. The van der Waals surface area contributed by atoms with E-state index in [0.29, 0.717) is 6.29 Å².